The van der Waals surface area contributed by atoms with Gasteiger partial charge in [-0.25, -0.2) is 4.85 Å². The summed E-state index contributed by atoms with van der Waals surface area (Å²) in [5.41, 5.74) is 8.68. The third-order valence-corrected chi connectivity index (χ3v) is 4.73. The average molecular weight is 274 g/mol. The standard InChI is InChI=1S/C18H16N3/c1-11-7-18-16(13(3)12(11)2)10-20-9-14-8-15(19-4)5-6-17(14)21(18)20/h5-9H,10H2,1-3H3/q+1. The molecular weight excluding hydrogens is 258 g/mol. The number of fused-ring (bicyclic) bond motifs is 5. The lowest BCUT2D eigenvalue weighted by atomic mass is 9.97. The van der Waals surface area contributed by atoms with Gasteiger partial charge in [-0.2, -0.15) is 0 Å². The molecule has 3 aromatic rings. The van der Waals surface area contributed by atoms with E-state index >= 15 is 0 Å². The number of rotatable bonds is 0. The third-order valence-electron chi connectivity index (χ3n) is 4.73. The van der Waals surface area contributed by atoms with Crippen LogP contribution in [-0.2, 0) is 6.54 Å². The molecule has 0 spiro atoms. The summed E-state index contributed by atoms with van der Waals surface area (Å²) in [4.78, 5) is 3.52. The monoisotopic (exact) mass is 274 g/mol. The van der Waals surface area contributed by atoms with Gasteiger partial charge in [0.25, 0.3) is 0 Å². The van der Waals surface area contributed by atoms with Crippen LogP contribution >= 0.6 is 0 Å². The summed E-state index contributed by atoms with van der Waals surface area (Å²) in [6.07, 6.45) is 2.15. The van der Waals surface area contributed by atoms with Crippen LogP contribution in [0, 0.1) is 27.3 Å². The van der Waals surface area contributed by atoms with Crippen LogP contribution in [0.2, 0.25) is 0 Å². The predicted molar refractivity (Wildman–Crippen MR) is 83.0 cm³/mol. The Labute approximate surface area is 123 Å². The zero-order valence-electron chi connectivity index (χ0n) is 12.4. The van der Waals surface area contributed by atoms with Crippen LogP contribution in [0.5, 0.6) is 0 Å². The highest BCUT2D eigenvalue weighted by Crippen LogP contribution is 2.31. The van der Waals surface area contributed by atoms with Gasteiger partial charge < -0.3 is 0 Å². The molecule has 1 aliphatic heterocycles. The van der Waals surface area contributed by atoms with Gasteiger partial charge in [0, 0.05) is 0 Å². The minimum absolute atomic E-state index is 0.698. The molecule has 0 N–H and O–H groups in total. The van der Waals surface area contributed by atoms with Gasteiger partial charge in [-0.1, -0.05) is 6.07 Å². The molecule has 21 heavy (non-hydrogen) atoms. The fourth-order valence-electron chi connectivity index (χ4n) is 3.31. The second-order valence-electron chi connectivity index (χ2n) is 5.83. The van der Waals surface area contributed by atoms with Crippen molar-refractivity contribution in [2.24, 2.45) is 0 Å². The van der Waals surface area contributed by atoms with Gasteiger partial charge in [-0.05, 0) is 55.7 Å². The number of hydrogen-bond donors (Lipinski definition) is 0. The van der Waals surface area contributed by atoms with Crippen LogP contribution in [0.1, 0.15) is 22.3 Å². The van der Waals surface area contributed by atoms with Gasteiger partial charge in [-0.3, -0.25) is 0 Å². The Kier molecular flexibility index (Phi) is 2.29. The highest BCUT2D eigenvalue weighted by atomic mass is 15.4. The Morgan fingerprint density at radius 1 is 1.14 bits per heavy atom. The molecule has 0 atom stereocenters. The fourth-order valence-corrected chi connectivity index (χ4v) is 3.31. The molecule has 2 aromatic carbocycles. The first kappa shape index (κ1) is 12.2. The topological polar surface area (TPSA) is 13.2 Å². The van der Waals surface area contributed by atoms with E-state index in [1.807, 2.05) is 12.1 Å². The molecule has 0 saturated carbocycles. The summed E-state index contributed by atoms with van der Waals surface area (Å²) in [6.45, 7) is 14.6. The van der Waals surface area contributed by atoms with Crippen molar-refractivity contribution in [1.82, 2.24) is 4.68 Å². The molecule has 0 unspecified atom stereocenters. The molecule has 102 valence electrons. The normalized spacial score (nSPS) is 12.3. The van der Waals surface area contributed by atoms with Crippen molar-refractivity contribution in [3.63, 3.8) is 0 Å². The van der Waals surface area contributed by atoms with Crippen molar-refractivity contribution >= 4 is 16.6 Å². The first-order valence-electron chi connectivity index (χ1n) is 7.13. The molecule has 3 nitrogen and oxygen atoms in total. The van der Waals surface area contributed by atoms with E-state index in [0.29, 0.717) is 5.69 Å². The molecule has 3 heteroatoms. The summed E-state index contributed by atoms with van der Waals surface area (Å²) in [5.74, 6) is 0. The first-order chi connectivity index (χ1) is 10.1. The van der Waals surface area contributed by atoms with Crippen molar-refractivity contribution in [3.05, 3.63) is 64.1 Å². The number of hydrogen-bond acceptors (Lipinski definition) is 0. The number of aryl methyl sites for hydroxylation is 1. The van der Waals surface area contributed by atoms with Crippen molar-refractivity contribution < 1.29 is 4.68 Å². The Hall–Kier alpha value is -2.60. The summed E-state index contributed by atoms with van der Waals surface area (Å²) in [6, 6.07) is 8.20. The Balaban J connectivity index is 2.06. The van der Waals surface area contributed by atoms with Gasteiger partial charge >= 0.3 is 0 Å². The second-order valence-corrected chi connectivity index (χ2v) is 5.83. The molecule has 1 aliphatic rings. The van der Waals surface area contributed by atoms with E-state index in [1.165, 1.54) is 33.5 Å². The molecule has 0 amide bonds. The smallest absolute Gasteiger partial charge is 0.203 e. The van der Waals surface area contributed by atoms with E-state index in [-0.39, 0.29) is 0 Å². The van der Waals surface area contributed by atoms with Crippen LogP contribution in [0.3, 0.4) is 0 Å². The maximum absolute atomic E-state index is 7.15. The van der Waals surface area contributed by atoms with Gasteiger partial charge in [0.15, 0.2) is 12.2 Å². The van der Waals surface area contributed by atoms with E-state index < -0.39 is 0 Å². The Bertz CT molecular complexity index is 955. The van der Waals surface area contributed by atoms with Crippen molar-refractivity contribution in [1.29, 1.82) is 0 Å². The van der Waals surface area contributed by atoms with E-state index in [0.717, 1.165) is 11.9 Å². The largest absolute Gasteiger partial charge is 0.238 e. The lowest BCUT2D eigenvalue weighted by molar-refractivity contribution is -0.749. The minimum Gasteiger partial charge on any atom is -0.238 e. The van der Waals surface area contributed by atoms with Crippen molar-refractivity contribution in [2.75, 3.05) is 0 Å². The highest BCUT2D eigenvalue weighted by Gasteiger charge is 2.30. The van der Waals surface area contributed by atoms with E-state index in [1.54, 1.807) is 0 Å². The minimum atomic E-state index is 0.698. The van der Waals surface area contributed by atoms with Crippen LogP contribution in [0.25, 0.3) is 21.4 Å². The molecule has 1 aromatic heterocycles. The molecular formula is C18H16N3+. The summed E-state index contributed by atoms with van der Waals surface area (Å²) in [5, 5.41) is 1.13. The average Bonchev–Trinajstić information content (AvgIpc) is 3.00. The lowest BCUT2D eigenvalue weighted by Crippen LogP contribution is -2.36. The molecule has 0 bridgehead atoms. The van der Waals surface area contributed by atoms with Crippen LogP contribution in [0.15, 0.2) is 30.5 Å². The van der Waals surface area contributed by atoms with E-state index in [2.05, 4.69) is 53.3 Å². The Morgan fingerprint density at radius 2 is 1.95 bits per heavy atom. The van der Waals surface area contributed by atoms with Crippen molar-refractivity contribution in [3.8, 4) is 5.69 Å². The zero-order chi connectivity index (χ0) is 14.7. The molecule has 0 radical (unpaired) electrons. The molecule has 0 saturated heterocycles. The first-order valence-corrected chi connectivity index (χ1v) is 7.13. The van der Waals surface area contributed by atoms with Gasteiger partial charge in [0.1, 0.15) is 11.2 Å². The fraction of sp³-hybridized carbons (Fsp3) is 0.222. The quantitative estimate of drug-likeness (QED) is 0.342. The number of aromatic nitrogens is 2. The van der Waals surface area contributed by atoms with E-state index in [4.69, 9.17) is 6.57 Å². The van der Waals surface area contributed by atoms with Crippen molar-refractivity contribution in [2.45, 2.75) is 27.3 Å². The lowest BCUT2D eigenvalue weighted by Gasteiger charge is -2.08. The summed E-state index contributed by atoms with van der Waals surface area (Å²) in [7, 11) is 0. The Morgan fingerprint density at radius 3 is 2.71 bits per heavy atom. The number of benzene rings is 2. The summed E-state index contributed by atoms with van der Waals surface area (Å²) < 4.78 is 4.52. The predicted octanol–water partition coefficient (Wildman–Crippen LogP) is 3.76. The van der Waals surface area contributed by atoms with Crippen LogP contribution in [0.4, 0.5) is 5.69 Å². The third kappa shape index (κ3) is 1.50. The second kappa shape index (κ2) is 3.95. The van der Waals surface area contributed by atoms with Gasteiger partial charge in [0.05, 0.1) is 17.5 Å². The van der Waals surface area contributed by atoms with Crippen LogP contribution < -0.4 is 4.68 Å². The molecule has 2 heterocycles. The maximum atomic E-state index is 7.15. The molecule has 0 fully saturated rings. The zero-order valence-corrected chi connectivity index (χ0v) is 12.4. The van der Waals surface area contributed by atoms with Crippen LogP contribution in [-0.4, -0.2) is 4.68 Å². The highest BCUT2D eigenvalue weighted by molar-refractivity contribution is 5.83. The number of nitrogens with zero attached hydrogens (tertiary/aromatic N) is 3. The SMILES string of the molecule is [C-]#[N+]c1ccc2c(c1)c[n+]1n2-c2cc(C)c(C)c(C)c2C1. The molecule has 0 aliphatic carbocycles. The maximum Gasteiger partial charge on any atom is 0.203 e. The van der Waals surface area contributed by atoms with E-state index in [9.17, 15) is 0 Å². The van der Waals surface area contributed by atoms with Gasteiger partial charge in [-0.15, -0.1) is 9.36 Å². The molecule has 4 rings (SSSR count). The summed E-state index contributed by atoms with van der Waals surface area (Å²) >= 11 is 0. The van der Waals surface area contributed by atoms with Gasteiger partial charge in [0.2, 0.25) is 6.20 Å².